The van der Waals surface area contributed by atoms with Crippen LogP contribution in [0.4, 0.5) is 14.9 Å². The van der Waals surface area contributed by atoms with Crippen LogP contribution in [0.15, 0.2) is 24.3 Å². The standard InChI is InChI=1S/C14H16FNO3/c1-14(2,3)19-13(18)16-12-7-6-10(5-4-8-17)9-11(12)15/h4-9H,1-3H3,(H,16,18). The molecular weight excluding hydrogens is 249 g/mol. The van der Waals surface area contributed by atoms with Gasteiger partial charge < -0.3 is 4.74 Å². The van der Waals surface area contributed by atoms with Crippen molar-refractivity contribution in [3.63, 3.8) is 0 Å². The van der Waals surface area contributed by atoms with Crippen LogP contribution in [0.1, 0.15) is 26.3 Å². The van der Waals surface area contributed by atoms with Crippen LogP contribution in [-0.4, -0.2) is 18.0 Å². The number of benzene rings is 1. The van der Waals surface area contributed by atoms with Crippen molar-refractivity contribution in [2.24, 2.45) is 0 Å². The van der Waals surface area contributed by atoms with Gasteiger partial charge in [0.15, 0.2) is 0 Å². The molecule has 0 aliphatic carbocycles. The first-order chi connectivity index (χ1) is 8.81. The van der Waals surface area contributed by atoms with E-state index in [1.807, 2.05) is 0 Å². The molecule has 0 aromatic heterocycles. The zero-order valence-corrected chi connectivity index (χ0v) is 11.1. The fraction of sp³-hybridized carbons (Fsp3) is 0.286. The SMILES string of the molecule is CC(C)(C)OC(=O)Nc1ccc(C=CC=O)cc1F. The van der Waals surface area contributed by atoms with Crippen LogP contribution >= 0.6 is 0 Å². The summed E-state index contributed by atoms with van der Waals surface area (Å²) >= 11 is 0. The Kier molecular flexibility index (Phi) is 4.80. The number of amides is 1. The number of anilines is 1. The molecule has 0 heterocycles. The summed E-state index contributed by atoms with van der Waals surface area (Å²) in [5, 5.41) is 2.32. The molecule has 0 saturated carbocycles. The summed E-state index contributed by atoms with van der Waals surface area (Å²) in [6.45, 7) is 5.16. The molecule has 0 radical (unpaired) electrons. The summed E-state index contributed by atoms with van der Waals surface area (Å²) < 4.78 is 18.7. The number of halogens is 1. The summed E-state index contributed by atoms with van der Waals surface area (Å²) in [6.07, 6.45) is 2.61. The predicted molar refractivity (Wildman–Crippen MR) is 71.4 cm³/mol. The van der Waals surface area contributed by atoms with Crippen molar-refractivity contribution >= 4 is 24.1 Å². The van der Waals surface area contributed by atoms with E-state index < -0.39 is 17.5 Å². The summed E-state index contributed by atoms with van der Waals surface area (Å²) in [6, 6.07) is 4.20. The number of ether oxygens (including phenoxy) is 1. The highest BCUT2D eigenvalue weighted by molar-refractivity contribution is 5.85. The molecule has 1 rings (SSSR count). The third-order valence-corrected chi connectivity index (χ3v) is 2.00. The van der Waals surface area contributed by atoms with Gasteiger partial charge in [0, 0.05) is 0 Å². The summed E-state index contributed by atoms with van der Waals surface area (Å²) in [7, 11) is 0. The minimum absolute atomic E-state index is 0.0255. The molecule has 102 valence electrons. The average molecular weight is 265 g/mol. The highest BCUT2D eigenvalue weighted by atomic mass is 19.1. The van der Waals surface area contributed by atoms with Crippen molar-refractivity contribution in [2.45, 2.75) is 26.4 Å². The smallest absolute Gasteiger partial charge is 0.412 e. The fourth-order valence-electron chi connectivity index (χ4n) is 1.30. The van der Waals surface area contributed by atoms with Gasteiger partial charge in [-0.15, -0.1) is 0 Å². The summed E-state index contributed by atoms with van der Waals surface area (Å²) in [5.41, 5.74) is -0.0930. The number of carbonyl (C=O) groups is 2. The number of nitrogens with one attached hydrogen (secondary N) is 1. The first-order valence-electron chi connectivity index (χ1n) is 5.73. The molecule has 4 nitrogen and oxygen atoms in total. The second-order valence-corrected chi connectivity index (χ2v) is 4.86. The summed E-state index contributed by atoms with van der Waals surface area (Å²) in [5.74, 6) is -0.598. The maximum atomic E-state index is 13.7. The van der Waals surface area contributed by atoms with Crippen molar-refractivity contribution in [3.05, 3.63) is 35.7 Å². The van der Waals surface area contributed by atoms with Crippen molar-refractivity contribution < 1.29 is 18.7 Å². The second kappa shape index (κ2) is 6.13. The lowest BCUT2D eigenvalue weighted by Gasteiger charge is -2.19. The lowest BCUT2D eigenvalue weighted by atomic mass is 10.2. The molecule has 1 aromatic carbocycles. The Morgan fingerprint density at radius 3 is 2.58 bits per heavy atom. The molecular formula is C14H16FNO3. The molecule has 5 heteroatoms. The van der Waals surface area contributed by atoms with Crippen LogP contribution in [0.3, 0.4) is 0 Å². The van der Waals surface area contributed by atoms with Gasteiger partial charge in [-0.3, -0.25) is 10.1 Å². The molecule has 0 bridgehead atoms. The quantitative estimate of drug-likeness (QED) is 0.673. The van der Waals surface area contributed by atoms with Gasteiger partial charge in [0.1, 0.15) is 17.7 Å². The Balaban J connectivity index is 2.77. The molecule has 1 N–H and O–H groups in total. The van der Waals surface area contributed by atoms with Crippen LogP contribution in [0.25, 0.3) is 6.08 Å². The Hall–Kier alpha value is -2.17. The van der Waals surface area contributed by atoms with E-state index in [4.69, 9.17) is 4.74 Å². The molecule has 0 unspecified atom stereocenters. The van der Waals surface area contributed by atoms with Gasteiger partial charge in [0.25, 0.3) is 0 Å². The zero-order valence-electron chi connectivity index (χ0n) is 11.1. The third kappa shape index (κ3) is 5.33. The van der Waals surface area contributed by atoms with E-state index >= 15 is 0 Å². The first-order valence-corrected chi connectivity index (χ1v) is 5.73. The predicted octanol–water partition coefficient (Wildman–Crippen LogP) is 3.38. The van der Waals surface area contributed by atoms with Crippen molar-refractivity contribution in [2.75, 3.05) is 5.32 Å². The molecule has 1 aromatic rings. The number of carbonyl (C=O) groups excluding carboxylic acids is 2. The number of hydrogen-bond donors (Lipinski definition) is 1. The first kappa shape index (κ1) is 14.9. The number of rotatable bonds is 3. The van der Waals surface area contributed by atoms with Crippen molar-refractivity contribution in [1.82, 2.24) is 0 Å². The van der Waals surface area contributed by atoms with E-state index in [-0.39, 0.29) is 5.69 Å². The molecule has 19 heavy (non-hydrogen) atoms. The molecule has 0 saturated heterocycles. The molecule has 0 spiro atoms. The van der Waals surface area contributed by atoms with Crippen molar-refractivity contribution in [1.29, 1.82) is 0 Å². The second-order valence-electron chi connectivity index (χ2n) is 4.86. The lowest BCUT2D eigenvalue weighted by Crippen LogP contribution is -2.27. The van der Waals surface area contributed by atoms with Gasteiger partial charge in [-0.25, -0.2) is 9.18 Å². The Bertz CT molecular complexity index is 504. The molecule has 0 aliphatic rings. The van der Waals surface area contributed by atoms with Crippen LogP contribution < -0.4 is 5.32 Å². The Morgan fingerprint density at radius 1 is 1.37 bits per heavy atom. The van der Waals surface area contributed by atoms with E-state index in [2.05, 4.69) is 5.32 Å². The Labute approximate surface area is 111 Å². The van der Waals surface area contributed by atoms with Crippen LogP contribution in [0.5, 0.6) is 0 Å². The van der Waals surface area contributed by atoms with Gasteiger partial charge in [0.05, 0.1) is 5.69 Å². The minimum Gasteiger partial charge on any atom is -0.444 e. The maximum Gasteiger partial charge on any atom is 0.412 e. The molecule has 0 aliphatic heterocycles. The topological polar surface area (TPSA) is 55.4 Å². The van der Waals surface area contributed by atoms with Crippen molar-refractivity contribution in [3.8, 4) is 0 Å². The zero-order chi connectivity index (χ0) is 14.5. The molecule has 0 fully saturated rings. The van der Waals surface area contributed by atoms with E-state index in [0.717, 1.165) is 0 Å². The van der Waals surface area contributed by atoms with Crippen LogP contribution in [-0.2, 0) is 9.53 Å². The van der Waals surface area contributed by atoms with Gasteiger partial charge in [-0.05, 0) is 44.5 Å². The average Bonchev–Trinajstić information content (AvgIpc) is 2.27. The lowest BCUT2D eigenvalue weighted by molar-refractivity contribution is -0.104. The largest absolute Gasteiger partial charge is 0.444 e. The third-order valence-electron chi connectivity index (χ3n) is 2.00. The van der Waals surface area contributed by atoms with Gasteiger partial charge in [-0.2, -0.15) is 0 Å². The normalized spacial score (nSPS) is 11.4. The van der Waals surface area contributed by atoms with Crippen LogP contribution in [0, 0.1) is 5.82 Å². The van der Waals surface area contributed by atoms with Gasteiger partial charge in [0.2, 0.25) is 0 Å². The minimum atomic E-state index is -0.720. The maximum absolute atomic E-state index is 13.7. The Morgan fingerprint density at radius 2 is 2.05 bits per heavy atom. The van der Waals surface area contributed by atoms with Crippen LogP contribution in [0.2, 0.25) is 0 Å². The van der Waals surface area contributed by atoms with E-state index in [1.165, 1.54) is 24.3 Å². The van der Waals surface area contributed by atoms with Gasteiger partial charge in [-0.1, -0.05) is 12.1 Å². The molecule has 1 amide bonds. The van der Waals surface area contributed by atoms with E-state index in [9.17, 15) is 14.0 Å². The fourth-order valence-corrected chi connectivity index (χ4v) is 1.30. The van der Waals surface area contributed by atoms with E-state index in [1.54, 1.807) is 26.8 Å². The monoisotopic (exact) mass is 265 g/mol. The number of aldehydes is 1. The van der Waals surface area contributed by atoms with E-state index in [0.29, 0.717) is 11.8 Å². The highest BCUT2D eigenvalue weighted by Gasteiger charge is 2.17. The number of allylic oxidation sites excluding steroid dienone is 1. The highest BCUT2D eigenvalue weighted by Crippen LogP contribution is 2.18. The van der Waals surface area contributed by atoms with Gasteiger partial charge >= 0.3 is 6.09 Å². The molecule has 0 atom stereocenters. The summed E-state index contributed by atoms with van der Waals surface area (Å²) in [4.78, 5) is 21.6. The number of hydrogen-bond acceptors (Lipinski definition) is 3.